The van der Waals surface area contributed by atoms with Crippen LogP contribution in [0.5, 0.6) is 17.4 Å². The van der Waals surface area contributed by atoms with Crippen LogP contribution in [0.25, 0.3) is 5.82 Å². The first-order valence-corrected chi connectivity index (χ1v) is 11.6. The van der Waals surface area contributed by atoms with Crippen molar-refractivity contribution in [2.45, 2.75) is 57.0 Å². The highest BCUT2D eigenvalue weighted by atomic mass is 16.7. The smallest absolute Gasteiger partial charge is 0.241 e. The maximum Gasteiger partial charge on any atom is 0.241 e. The molecule has 1 aromatic carbocycles. The summed E-state index contributed by atoms with van der Waals surface area (Å²) >= 11 is 0. The highest BCUT2D eigenvalue weighted by Crippen LogP contribution is 2.35. The van der Waals surface area contributed by atoms with E-state index in [0.29, 0.717) is 29.3 Å². The number of hydrogen-bond donors (Lipinski definition) is 4. The largest absolute Gasteiger partial charge is 0.497 e. The van der Waals surface area contributed by atoms with Crippen LogP contribution < -0.4 is 14.2 Å². The summed E-state index contributed by atoms with van der Waals surface area (Å²) in [5.41, 5.74) is 1.43. The monoisotopic (exact) mass is 504 g/mol. The first-order chi connectivity index (χ1) is 17.3. The van der Waals surface area contributed by atoms with Crippen LogP contribution in [0.3, 0.4) is 0 Å². The molecule has 3 heterocycles. The number of nitrogens with zero attached hydrogens (tertiary/aromatic N) is 4. The van der Waals surface area contributed by atoms with Gasteiger partial charge in [0, 0.05) is 30.9 Å². The first-order valence-electron chi connectivity index (χ1n) is 11.6. The number of methoxy groups -OCH3 is 2. The molecule has 1 aliphatic rings. The summed E-state index contributed by atoms with van der Waals surface area (Å²) in [6, 6.07) is 7.15. The molecule has 12 heteroatoms. The molecule has 1 fully saturated rings. The number of rotatable bonds is 9. The number of aliphatic hydroxyl groups excluding tert-OH is 4. The molecule has 36 heavy (non-hydrogen) atoms. The van der Waals surface area contributed by atoms with Crippen molar-refractivity contribution < 1.29 is 39.4 Å². The molecule has 4 rings (SSSR count). The SMILES string of the molecule is COc1ccc(Cc2c(O[C@@H]3O[C@H](CO)[C@@H](O)[C@H](O)[C@H]3O)nn(C(C)C)c2-n2cccn2)c(OC)c1. The second kappa shape index (κ2) is 10.8. The summed E-state index contributed by atoms with van der Waals surface area (Å²) in [5, 5.41) is 49.5. The Morgan fingerprint density at radius 2 is 1.86 bits per heavy atom. The fraction of sp³-hybridized carbons (Fsp3) is 0.500. The molecule has 1 aliphatic heterocycles. The Labute approximate surface area is 208 Å². The maximum atomic E-state index is 10.5. The molecule has 0 aliphatic carbocycles. The molecular formula is C24H32N4O8. The van der Waals surface area contributed by atoms with Crippen molar-refractivity contribution >= 4 is 0 Å². The summed E-state index contributed by atoms with van der Waals surface area (Å²) in [6.45, 7) is 3.34. The number of hydrogen-bond acceptors (Lipinski definition) is 10. The Morgan fingerprint density at radius 3 is 2.47 bits per heavy atom. The third-order valence-corrected chi connectivity index (χ3v) is 6.09. The molecule has 0 spiro atoms. The third kappa shape index (κ3) is 4.90. The number of benzene rings is 1. The fourth-order valence-corrected chi connectivity index (χ4v) is 4.15. The van der Waals surface area contributed by atoms with E-state index in [0.717, 1.165) is 5.56 Å². The quantitative estimate of drug-likeness (QED) is 0.323. The predicted molar refractivity (Wildman–Crippen MR) is 126 cm³/mol. The molecule has 196 valence electrons. The van der Waals surface area contributed by atoms with Gasteiger partial charge in [0.2, 0.25) is 12.2 Å². The molecule has 12 nitrogen and oxygen atoms in total. The van der Waals surface area contributed by atoms with Gasteiger partial charge in [0.25, 0.3) is 0 Å². The topological polar surface area (TPSA) is 153 Å². The van der Waals surface area contributed by atoms with Crippen LogP contribution in [-0.2, 0) is 11.2 Å². The van der Waals surface area contributed by atoms with Gasteiger partial charge in [0.1, 0.15) is 35.9 Å². The predicted octanol–water partition coefficient (Wildman–Crippen LogP) is 0.436. The van der Waals surface area contributed by atoms with E-state index in [1.54, 1.807) is 48.1 Å². The van der Waals surface area contributed by atoms with E-state index in [4.69, 9.17) is 18.9 Å². The van der Waals surface area contributed by atoms with Crippen LogP contribution in [0.15, 0.2) is 36.7 Å². The molecule has 2 aromatic heterocycles. The lowest BCUT2D eigenvalue weighted by atomic mass is 9.99. The fourth-order valence-electron chi connectivity index (χ4n) is 4.15. The van der Waals surface area contributed by atoms with E-state index in [9.17, 15) is 20.4 Å². The van der Waals surface area contributed by atoms with E-state index in [1.165, 1.54) is 0 Å². The van der Waals surface area contributed by atoms with Crippen LogP contribution >= 0.6 is 0 Å². The second-order valence-electron chi connectivity index (χ2n) is 8.77. The van der Waals surface area contributed by atoms with Gasteiger partial charge in [0.15, 0.2) is 5.82 Å². The molecule has 5 atom stereocenters. The van der Waals surface area contributed by atoms with Gasteiger partial charge in [-0.15, -0.1) is 5.10 Å². The summed E-state index contributed by atoms with van der Waals surface area (Å²) < 4.78 is 25.9. The Bertz CT molecular complexity index is 1150. The van der Waals surface area contributed by atoms with Crippen LogP contribution in [0, 0.1) is 0 Å². The Hall–Kier alpha value is -3.16. The molecule has 0 saturated carbocycles. The van der Waals surface area contributed by atoms with Gasteiger partial charge in [-0.3, -0.25) is 0 Å². The number of aliphatic hydroxyl groups is 4. The van der Waals surface area contributed by atoms with Crippen molar-refractivity contribution in [3.05, 3.63) is 47.8 Å². The van der Waals surface area contributed by atoms with Crippen molar-refractivity contribution in [3.63, 3.8) is 0 Å². The zero-order chi connectivity index (χ0) is 26.0. The minimum atomic E-state index is -1.58. The molecule has 3 aromatic rings. The van der Waals surface area contributed by atoms with Crippen LogP contribution in [0.2, 0.25) is 0 Å². The minimum absolute atomic E-state index is 0.0899. The number of ether oxygens (including phenoxy) is 4. The van der Waals surface area contributed by atoms with Crippen molar-refractivity contribution in [1.29, 1.82) is 0 Å². The van der Waals surface area contributed by atoms with Gasteiger partial charge < -0.3 is 39.4 Å². The number of aromatic nitrogens is 4. The van der Waals surface area contributed by atoms with E-state index in [2.05, 4.69) is 10.2 Å². The van der Waals surface area contributed by atoms with Gasteiger partial charge in [0.05, 0.1) is 26.4 Å². The van der Waals surface area contributed by atoms with Crippen molar-refractivity contribution in [2.24, 2.45) is 0 Å². The Balaban J connectivity index is 1.80. The van der Waals surface area contributed by atoms with Crippen molar-refractivity contribution in [1.82, 2.24) is 19.6 Å². The zero-order valence-corrected chi connectivity index (χ0v) is 20.6. The lowest BCUT2D eigenvalue weighted by Gasteiger charge is -2.39. The van der Waals surface area contributed by atoms with E-state index in [-0.39, 0.29) is 11.9 Å². The highest BCUT2D eigenvalue weighted by molar-refractivity contribution is 5.50. The van der Waals surface area contributed by atoms with Crippen molar-refractivity contribution in [3.8, 4) is 23.2 Å². The van der Waals surface area contributed by atoms with Crippen LogP contribution in [-0.4, -0.2) is 91.5 Å². The standard InChI is InChI=1S/C24H32N4O8/c1-13(2)28-23(27-9-5-8-25-27)16(10-14-6-7-15(33-3)11-17(14)34-4)22(26-28)36-24-21(32)20(31)19(30)18(12-29)35-24/h5-9,11,13,18-21,24,29-32H,10,12H2,1-4H3/t18-,19-,20+,21-,24+/m1/s1. The van der Waals surface area contributed by atoms with Crippen LogP contribution in [0.1, 0.15) is 31.0 Å². The molecule has 0 unspecified atom stereocenters. The normalized spacial score (nSPS) is 24.2. The molecule has 0 amide bonds. The minimum Gasteiger partial charge on any atom is -0.497 e. The summed E-state index contributed by atoms with van der Waals surface area (Å²) in [4.78, 5) is 0. The average molecular weight is 505 g/mol. The molecule has 0 bridgehead atoms. The third-order valence-electron chi connectivity index (χ3n) is 6.09. The Kier molecular flexibility index (Phi) is 7.81. The average Bonchev–Trinajstić information content (AvgIpc) is 3.53. The molecular weight excluding hydrogens is 472 g/mol. The van der Waals surface area contributed by atoms with E-state index in [1.807, 2.05) is 26.0 Å². The van der Waals surface area contributed by atoms with Gasteiger partial charge >= 0.3 is 0 Å². The summed E-state index contributed by atoms with van der Waals surface area (Å²) in [7, 11) is 3.14. The van der Waals surface area contributed by atoms with Crippen molar-refractivity contribution in [2.75, 3.05) is 20.8 Å². The summed E-state index contributed by atoms with van der Waals surface area (Å²) in [5.74, 6) is 2.00. The van der Waals surface area contributed by atoms with Gasteiger partial charge in [-0.2, -0.15) is 5.10 Å². The zero-order valence-electron chi connectivity index (χ0n) is 20.6. The lowest BCUT2D eigenvalue weighted by molar-refractivity contribution is -0.278. The van der Waals surface area contributed by atoms with Gasteiger partial charge in [-0.05, 0) is 31.5 Å². The molecule has 4 N–H and O–H groups in total. The second-order valence-corrected chi connectivity index (χ2v) is 8.77. The van der Waals surface area contributed by atoms with Gasteiger partial charge in [-0.1, -0.05) is 6.07 Å². The lowest BCUT2D eigenvalue weighted by Crippen LogP contribution is -2.60. The maximum absolute atomic E-state index is 10.5. The first kappa shape index (κ1) is 25.9. The molecule has 1 saturated heterocycles. The highest BCUT2D eigenvalue weighted by Gasteiger charge is 2.45. The van der Waals surface area contributed by atoms with E-state index >= 15 is 0 Å². The summed E-state index contributed by atoms with van der Waals surface area (Å²) in [6.07, 6.45) is -3.43. The Morgan fingerprint density at radius 1 is 1.08 bits per heavy atom. The van der Waals surface area contributed by atoms with E-state index < -0.39 is 37.3 Å². The molecule has 0 radical (unpaired) electrons. The van der Waals surface area contributed by atoms with Gasteiger partial charge in [-0.25, -0.2) is 9.36 Å². The van der Waals surface area contributed by atoms with Crippen LogP contribution in [0.4, 0.5) is 0 Å².